The number of nitrogens with one attached hydrogen (secondary N) is 1. The fraction of sp³-hybridized carbons (Fsp3) is 0.407. The lowest BCUT2D eigenvalue weighted by Crippen LogP contribution is -2.42. The van der Waals surface area contributed by atoms with E-state index in [-0.39, 0.29) is 42.7 Å². The van der Waals surface area contributed by atoms with E-state index in [0.717, 1.165) is 5.56 Å². The highest BCUT2D eigenvalue weighted by atomic mass is 16.6. The molecule has 2 amide bonds. The van der Waals surface area contributed by atoms with E-state index in [2.05, 4.69) is 10.5 Å². The molecule has 2 fully saturated rings. The molecule has 0 unspecified atom stereocenters. The van der Waals surface area contributed by atoms with Gasteiger partial charge in [-0.1, -0.05) is 60.1 Å². The van der Waals surface area contributed by atoms with Crippen LogP contribution in [-0.4, -0.2) is 50.2 Å². The molecule has 204 valence electrons. The highest BCUT2D eigenvalue weighted by Crippen LogP contribution is 2.34. The number of unbranched alkanes of at least 4 members (excludes halogenated alkanes) is 1. The molecule has 39 heavy (non-hydrogen) atoms. The number of fused-ring (bicyclic) bond motifs is 1. The van der Waals surface area contributed by atoms with Crippen LogP contribution in [0.2, 0.25) is 0 Å². The number of amides is 2. The maximum absolute atomic E-state index is 12.9. The van der Waals surface area contributed by atoms with Crippen molar-refractivity contribution in [2.24, 2.45) is 5.92 Å². The van der Waals surface area contributed by atoms with Crippen LogP contribution in [0.25, 0.3) is 0 Å². The maximum atomic E-state index is 12.9. The van der Waals surface area contributed by atoms with Gasteiger partial charge in [-0.2, -0.15) is 0 Å². The van der Waals surface area contributed by atoms with Crippen molar-refractivity contribution in [3.63, 3.8) is 0 Å². The molecule has 3 atom stereocenters. The summed E-state index contributed by atoms with van der Waals surface area (Å²) in [4.78, 5) is 50.3. The van der Waals surface area contributed by atoms with Crippen molar-refractivity contribution in [1.29, 1.82) is 0 Å². The van der Waals surface area contributed by atoms with E-state index < -0.39 is 16.8 Å². The lowest BCUT2D eigenvalue weighted by Gasteiger charge is -2.26. The first-order valence-electron chi connectivity index (χ1n) is 13.0. The summed E-state index contributed by atoms with van der Waals surface area (Å²) in [6.45, 7) is 0.672. The molecule has 12 nitrogen and oxygen atoms in total. The van der Waals surface area contributed by atoms with E-state index in [9.17, 15) is 24.5 Å². The molecule has 0 saturated carbocycles. The van der Waals surface area contributed by atoms with Gasteiger partial charge in [-0.3, -0.25) is 24.0 Å². The molecule has 0 bridgehead atoms. The minimum absolute atomic E-state index is 0.0241. The Labute approximate surface area is 223 Å². The van der Waals surface area contributed by atoms with Gasteiger partial charge < -0.3 is 15.0 Å². The third-order valence-corrected chi connectivity index (χ3v) is 7.41. The van der Waals surface area contributed by atoms with Crippen LogP contribution in [0, 0.1) is 16.0 Å². The zero-order valence-electron chi connectivity index (χ0n) is 21.2. The van der Waals surface area contributed by atoms with Crippen LogP contribution < -0.4 is 11.1 Å². The Morgan fingerprint density at radius 1 is 1.13 bits per heavy atom. The maximum Gasteiger partial charge on any atom is 0.441 e. The van der Waals surface area contributed by atoms with Crippen LogP contribution in [-0.2, 0) is 29.1 Å². The second kappa shape index (κ2) is 11.5. The van der Waals surface area contributed by atoms with Crippen LogP contribution in [0.1, 0.15) is 42.6 Å². The zero-order valence-corrected chi connectivity index (χ0v) is 21.2. The molecular weight excluding hydrogens is 506 g/mol. The molecule has 12 heteroatoms. The quantitative estimate of drug-likeness (QED) is 0.236. The van der Waals surface area contributed by atoms with Gasteiger partial charge in [0.2, 0.25) is 5.91 Å². The molecule has 0 aliphatic carbocycles. The topological polar surface area (TPSA) is 150 Å². The number of nitro groups is 1. The van der Waals surface area contributed by atoms with Gasteiger partial charge in [0.25, 0.3) is 5.69 Å². The van der Waals surface area contributed by atoms with Crippen molar-refractivity contribution in [1.82, 2.24) is 19.9 Å². The molecule has 2 aliphatic rings. The number of aromatic nitrogens is 2. The number of nitrogens with zero attached hydrogens (tertiary/aromatic N) is 4. The number of aryl methyl sites for hydroxylation is 1. The smallest absolute Gasteiger partial charge is 0.441 e. The first-order valence-corrected chi connectivity index (χ1v) is 13.0. The standard InChI is InChI=1S/C27H29N5O7/c33-25-20(24-21(28-25)14-15-30(24)26(34)38-17-18-8-2-1-3-9-18)11-5-7-13-23-29-39-27(35)31(23)16-19-10-4-6-12-22(19)32(36)37/h1-4,6,8-10,12,20-21,24H,5,7,11,13-17H2,(H,28,33)/t20-,21+,24+/m1/s1. The first-order chi connectivity index (χ1) is 18.9. The summed E-state index contributed by atoms with van der Waals surface area (Å²) in [5.41, 5.74) is 1.19. The van der Waals surface area contributed by atoms with Gasteiger partial charge in [0.15, 0.2) is 5.82 Å². The minimum atomic E-state index is -0.684. The number of benzene rings is 2. The third kappa shape index (κ3) is 5.69. The fourth-order valence-corrected chi connectivity index (χ4v) is 5.50. The van der Waals surface area contributed by atoms with Gasteiger partial charge in [0.05, 0.1) is 29.5 Å². The largest absolute Gasteiger partial charge is 0.445 e. The predicted molar refractivity (Wildman–Crippen MR) is 138 cm³/mol. The van der Waals surface area contributed by atoms with Crippen LogP contribution >= 0.6 is 0 Å². The fourth-order valence-electron chi connectivity index (χ4n) is 5.50. The Bertz CT molecular complexity index is 1400. The van der Waals surface area contributed by atoms with Crippen molar-refractivity contribution in [2.45, 2.75) is 57.3 Å². The van der Waals surface area contributed by atoms with E-state index in [1.807, 2.05) is 30.3 Å². The number of ether oxygens (including phenoxy) is 1. The number of para-hydroxylation sites is 1. The lowest BCUT2D eigenvalue weighted by molar-refractivity contribution is -0.385. The average Bonchev–Trinajstić information content (AvgIpc) is 3.60. The molecule has 1 aromatic heterocycles. The first kappa shape index (κ1) is 26.1. The van der Waals surface area contributed by atoms with Crippen LogP contribution in [0.3, 0.4) is 0 Å². The Kier molecular flexibility index (Phi) is 7.71. The number of nitro benzene ring substituents is 1. The summed E-state index contributed by atoms with van der Waals surface area (Å²) in [5.74, 6) is -0.718. The number of hydrogen-bond donors (Lipinski definition) is 1. The highest BCUT2D eigenvalue weighted by Gasteiger charge is 2.50. The summed E-state index contributed by atoms with van der Waals surface area (Å²) in [6, 6.07) is 15.3. The number of likely N-dealkylation sites (tertiary alicyclic amines) is 1. The minimum Gasteiger partial charge on any atom is -0.445 e. The molecule has 3 aromatic rings. The summed E-state index contributed by atoms with van der Waals surface area (Å²) in [5, 5.41) is 18.2. The highest BCUT2D eigenvalue weighted by molar-refractivity contribution is 5.84. The Balaban J connectivity index is 1.17. The van der Waals surface area contributed by atoms with Gasteiger partial charge in [0, 0.05) is 24.6 Å². The van der Waals surface area contributed by atoms with Gasteiger partial charge in [0.1, 0.15) is 6.61 Å². The summed E-state index contributed by atoms with van der Waals surface area (Å²) >= 11 is 0. The second-order valence-corrected chi connectivity index (χ2v) is 9.82. The van der Waals surface area contributed by atoms with E-state index in [1.54, 1.807) is 23.1 Å². The van der Waals surface area contributed by atoms with E-state index in [1.165, 1.54) is 10.6 Å². The number of rotatable bonds is 10. The third-order valence-electron chi connectivity index (χ3n) is 7.41. The van der Waals surface area contributed by atoms with Gasteiger partial charge in [-0.25, -0.2) is 9.59 Å². The van der Waals surface area contributed by atoms with Crippen molar-refractivity contribution in [2.75, 3.05) is 6.54 Å². The molecule has 2 aromatic carbocycles. The molecule has 3 heterocycles. The Hall–Kier alpha value is -4.48. The van der Waals surface area contributed by atoms with Crippen LogP contribution in [0.4, 0.5) is 10.5 Å². The summed E-state index contributed by atoms with van der Waals surface area (Å²) in [6.07, 6.45) is 2.49. The average molecular weight is 536 g/mol. The molecule has 5 rings (SSSR count). The van der Waals surface area contributed by atoms with Gasteiger partial charge in [-0.15, -0.1) is 0 Å². The van der Waals surface area contributed by atoms with Gasteiger partial charge in [-0.05, 0) is 24.8 Å². The Morgan fingerprint density at radius 2 is 1.90 bits per heavy atom. The predicted octanol–water partition coefficient (Wildman–Crippen LogP) is 3.03. The van der Waals surface area contributed by atoms with Crippen molar-refractivity contribution >= 4 is 17.7 Å². The Morgan fingerprint density at radius 3 is 2.69 bits per heavy atom. The zero-order chi connectivity index (χ0) is 27.4. The van der Waals surface area contributed by atoms with Crippen molar-refractivity contribution < 1.29 is 23.8 Å². The van der Waals surface area contributed by atoms with Crippen molar-refractivity contribution in [3.05, 3.63) is 92.2 Å². The number of carbonyl (C=O) groups is 2. The van der Waals surface area contributed by atoms with Crippen molar-refractivity contribution in [3.8, 4) is 0 Å². The van der Waals surface area contributed by atoms with Crippen LogP contribution in [0.15, 0.2) is 63.9 Å². The molecule has 0 spiro atoms. The van der Waals surface area contributed by atoms with E-state index >= 15 is 0 Å². The van der Waals surface area contributed by atoms with Gasteiger partial charge >= 0.3 is 11.8 Å². The molecule has 1 N–H and O–H groups in total. The lowest BCUT2D eigenvalue weighted by atomic mass is 9.93. The van der Waals surface area contributed by atoms with E-state index in [0.29, 0.717) is 50.0 Å². The monoisotopic (exact) mass is 535 g/mol. The van der Waals surface area contributed by atoms with E-state index in [4.69, 9.17) is 9.26 Å². The number of hydrogen-bond acceptors (Lipinski definition) is 8. The normalized spacial score (nSPS) is 20.1. The number of carbonyl (C=O) groups excluding carboxylic acids is 2. The summed E-state index contributed by atoms with van der Waals surface area (Å²) in [7, 11) is 0. The molecule has 0 radical (unpaired) electrons. The van der Waals surface area contributed by atoms with Crippen LogP contribution in [0.5, 0.6) is 0 Å². The molecule has 2 saturated heterocycles. The molecular formula is C27H29N5O7. The SMILES string of the molecule is O=C1N[C@H]2CCN(C(=O)OCc3ccccc3)[C@H]2[C@H]1CCCCc1noc(=O)n1Cc1ccccc1[N+](=O)[O-]. The summed E-state index contributed by atoms with van der Waals surface area (Å²) < 4.78 is 11.7. The second-order valence-electron chi connectivity index (χ2n) is 9.82. The molecule has 2 aliphatic heterocycles.